The van der Waals surface area contributed by atoms with Crippen molar-refractivity contribution in [2.24, 2.45) is 0 Å². The fourth-order valence-corrected chi connectivity index (χ4v) is 7.78. The molecule has 1 aliphatic carbocycles. The van der Waals surface area contributed by atoms with Gasteiger partial charge in [-0.1, -0.05) is 134 Å². The Bertz CT molecular complexity index is 1450. The lowest BCUT2D eigenvalue weighted by atomic mass is 9.99. The van der Waals surface area contributed by atoms with Crippen LogP contribution in [0.1, 0.15) is 42.0 Å². The first-order chi connectivity index (χ1) is 17.6. The van der Waals surface area contributed by atoms with Gasteiger partial charge in [-0.3, -0.25) is 0 Å². The van der Waals surface area contributed by atoms with Crippen molar-refractivity contribution >= 4 is 35.5 Å². The Morgan fingerprint density at radius 3 is 1.94 bits per heavy atom. The molecule has 0 radical (unpaired) electrons. The molecule has 0 aromatic heterocycles. The maximum atomic E-state index is 15.5. The lowest BCUT2D eigenvalue weighted by Crippen LogP contribution is -2.18. The second-order valence-electron chi connectivity index (χ2n) is 9.27. The van der Waals surface area contributed by atoms with Crippen LogP contribution in [0, 0.1) is 6.92 Å². The van der Waals surface area contributed by atoms with E-state index < -0.39 is 7.14 Å². The summed E-state index contributed by atoms with van der Waals surface area (Å²) in [7, 11) is -3.14. The zero-order chi connectivity index (χ0) is 25.0. The largest absolute Gasteiger partial charge is 0.309 e. The maximum absolute atomic E-state index is 15.5. The Morgan fingerprint density at radius 1 is 0.750 bits per heavy atom. The number of unbranched alkanes of at least 4 members (excludes halogenated alkanes) is 1. The molecule has 0 bridgehead atoms. The molecular formula is C34H31OP. The van der Waals surface area contributed by atoms with Crippen molar-refractivity contribution in [1.29, 1.82) is 0 Å². The standard InChI is InChI=1S/C34H31OP/c1-3-4-19-34(36(35,29-14-7-5-8-15-29)30-16-9-6-10-17-30)33-25-28-13-11-12-18-31(28)32(33)24-27-22-20-26(2)21-23-27/h5-25H,3-4H2,1-2H3/b32-24+,34-19-. The number of rotatable bonds is 7. The molecule has 36 heavy (non-hydrogen) atoms. The lowest BCUT2D eigenvalue weighted by molar-refractivity contribution is 0.591. The van der Waals surface area contributed by atoms with Crippen LogP contribution < -0.4 is 10.6 Å². The summed E-state index contributed by atoms with van der Waals surface area (Å²) in [5.41, 5.74) is 6.91. The van der Waals surface area contributed by atoms with E-state index in [1.54, 1.807) is 0 Å². The molecule has 5 rings (SSSR count). The van der Waals surface area contributed by atoms with Gasteiger partial charge < -0.3 is 4.57 Å². The summed E-state index contributed by atoms with van der Waals surface area (Å²) in [5, 5.41) is 2.66. The van der Waals surface area contributed by atoms with Crippen LogP contribution in [0.2, 0.25) is 0 Å². The summed E-state index contributed by atoms with van der Waals surface area (Å²) in [6.45, 7) is 4.28. The maximum Gasteiger partial charge on any atom is 0.171 e. The number of fused-ring (bicyclic) bond motifs is 1. The van der Waals surface area contributed by atoms with Gasteiger partial charge >= 0.3 is 0 Å². The molecule has 178 valence electrons. The molecule has 0 atom stereocenters. The minimum atomic E-state index is -3.14. The smallest absolute Gasteiger partial charge is 0.171 e. The van der Waals surface area contributed by atoms with E-state index in [1.165, 1.54) is 16.7 Å². The van der Waals surface area contributed by atoms with E-state index in [9.17, 15) is 0 Å². The molecule has 1 nitrogen and oxygen atoms in total. The van der Waals surface area contributed by atoms with Gasteiger partial charge in [0.05, 0.1) is 0 Å². The number of benzene rings is 4. The second kappa shape index (κ2) is 10.5. The zero-order valence-electron chi connectivity index (χ0n) is 20.9. The van der Waals surface area contributed by atoms with Gasteiger partial charge in [-0.15, -0.1) is 0 Å². The predicted octanol–water partition coefficient (Wildman–Crippen LogP) is 8.63. The van der Waals surface area contributed by atoms with E-state index in [0.29, 0.717) is 0 Å². The van der Waals surface area contributed by atoms with Crippen LogP contribution in [0.4, 0.5) is 0 Å². The van der Waals surface area contributed by atoms with Crippen molar-refractivity contribution in [2.45, 2.75) is 26.7 Å². The summed E-state index contributed by atoms with van der Waals surface area (Å²) >= 11 is 0. The first kappa shape index (κ1) is 24.0. The van der Waals surface area contributed by atoms with Crippen LogP contribution in [0.3, 0.4) is 0 Å². The van der Waals surface area contributed by atoms with Crippen LogP contribution >= 0.6 is 7.14 Å². The van der Waals surface area contributed by atoms with Gasteiger partial charge in [-0.25, -0.2) is 0 Å². The van der Waals surface area contributed by atoms with Crippen molar-refractivity contribution in [3.05, 3.63) is 148 Å². The van der Waals surface area contributed by atoms with Crippen molar-refractivity contribution in [3.63, 3.8) is 0 Å². The van der Waals surface area contributed by atoms with E-state index >= 15 is 4.57 Å². The van der Waals surface area contributed by atoms with Crippen LogP contribution in [-0.4, -0.2) is 0 Å². The number of hydrogen-bond acceptors (Lipinski definition) is 1. The molecule has 0 fully saturated rings. The lowest BCUT2D eigenvalue weighted by Gasteiger charge is -2.25. The Morgan fingerprint density at radius 2 is 1.33 bits per heavy atom. The monoisotopic (exact) mass is 486 g/mol. The third kappa shape index (κ3) is 4.60. The number of allylic oxidation sites excluding steroid dienone is 4. The van der Waals surface area contributed by atoms with Crippen LogP contribution in [0.25, 0.3) is 17.7 Å². The minimum absolute atomic E-state index is 0.866. The van der Waals surface area contributed by atoms with Crippen LogP contribution in [-0.2, 0) is 4.57 Å². The summed E-state index contributed by atoms with van der Waals surface area (Å²) in [6, 6.07) is 37.1. The first-order valence-corrected chi connectivity index (χ1v) is 14.3. The van der Waals surface area contributed by atoms with Crippen molar-refractivity contribution in [1.82, 2.24) is 0 Å². The van der Waals surface area contributed by atoms with Gasteiger partial charge in [0.2, 0.25) is 0 Å². The Hall–Kier alpha value is -3.67. The zero-order valence-corrected chi connectivity index (χ0v) is 21.8. The highest BCUT2D eigenvalue weighted by Crippen LogP contribution is 2.59. The van der Waals surface area contributed by atoms with Crippen molar-refractivity contribution in [3.8, 4) is 0 Å². The van der Waals surface area contributed by atoms with Gasteiger partial charge in [0.15, 0.2) is 7.14 Å². The summed E-state index contributed by atoms with van der Waals surface area (Å²) in [4.78, 5) is 0. The van der Waals surface area contributed by atoms with Gasteiger partial charge in [-0.05, 0) is 53.3 Å². The third-order valence-electron chi connectivity index (χ3n) is 6.71. The molecule has 0 saturated carbocycles. The molecular weight excluding hydrogens is 455 g/mol. The Kier molecular flexibility index (Phi) is 7.03. The molecule has 0 unspecified atom stereocenters. The van der Waals surface area contributed by atoms with E-state index in [2.05, 4.69) is 80.6 Å². The highest BCUT2D eigenvalue weighted by molar-refractivity contribution is 7.82. The SMILES string of the molecule is CCC/C=C(/C1=Cc2ccccc2/C1=C\c1ccc(C)cc1)P(=O)(c1ccccc1)c1ccccc1. The minimum Gasteiger partial charge on any atom is -0.309 e. The quantitative estimate of drug-likeness (QED) is 0.239. The van der Waals surface area contributed by atoms with E-state index in [-0.39, 0.29) is 0 Å². The Labute approximate surface area is 214 Å². The molecule has 4 aromatic rings. The molecule has 1 aliphatic rings. The molecule has 2 heteroatoms. The second-order valence-corrected chi connectivity index (χ2v) is 12.0. The van der Waals surface area contributed by atoms with Crippen molar-refractivity contribution < 1.29 is 4.57 Å². The third-order valence-corrected chi connectivity index (χ3v) is 9.86. The Balaban J connectivity index is 1.77. The normalized spacial score (nSPS) is 14.6. The van der Waals surface area contributed by atoms with Gasteiger partial charge in [0, 0.05) is 15.9 Å². The first-order valence-electron chi connectivity index (χ1n) is 12.6. The van der Waals surface area contributed by atoms with E-state index in [4.69, 9.17) is 0 Å². The predicted molar refractivity (Wildman–Crippen MR) is 156 cm³/mol. The summed E-state index contributed by atoms with van der Waals surface area (Å²) < 4.78 is 15.5. The van der Waals surface area contributed by atoms with Crippen LogP contribution in [0.5, 0.6) is 0 Å². The highest BCUT2D eigenvalue weighted by Gasteiger charge is 2.36. The van der Waals surface area contributed by atoms with E-state index in [1.807, 2.05) is 60.7 Å². The average molecular weight is 487 g/mol. The topological polar surface area (TPSA) is 17.1 Å². The number of hydrogen-bond donors (Lipinski definition) is 0. The fraction of sp³-hybridized carbons (Fsp3) is 0.118. The molecule has 4 aromatic carbocycles. The molecule has 0 amide bonds. The fourth-order valence-electron chi connectivity index (χ4n) is 4.84. The molecule has 0 aliphatic heterocycles. The van der Waals surface area contributed by atoms with Gasteiger partial charge in [0.1, 0.15) is 0 Å². The molecule has 0 heterocycles. The highest BCUT2D eigenvalue weighted by atomic mass is 31.2. The van der Waals surface area contributed by atoms with Gasteiger partial charge in [0.25, 0.3) is 0 Å². The van der Waals surface area contributed by atoms with E-state index in [0.717, 1.165) is 45.5 Å². The van der Waals surface area contributed by atoms with Crippen molar-refractivity contribution in [2.75, 3.05) is 0 Å². The van der Waals surface area contributed by atoms with Crippen LogP contribution in [0.15, 0.2) is 126 Å². The summed E-state index contributed by atoms with van der Waals surface area (Å²) in [5.74, 6) is 0. The number of aryl methyl sites for hydroxylation is 1. The van der Waals surface area contributed by atoms with Gasteiger partial charge in [-0.2, -0.15) is 0 Å². The molecule has 0 saturated heterocycles. The average Bonchev–Trinajstić information content (AvgIpc) is 3.28. The molecule has 0 N–H and O–H groups in total. The summed E-state index contributed by atoms with van der Waals surface area (Å²) in [6.07, 6.45) is 8.56. The molecule has 0 spiro atoms.